The quantitative estimate of drug-likeness (QED) is 0.772. The molecule has 1 aromatic carbocycles. The van der Waals surface area contributed by atoms with Gasteiger partial charge in [-0.3, -0.25) is 0 Å². The molecule has 0 saturated heterocycles. The van der Waals surface area contributed by atoms with Crippen LogP contribution in [0.15, 0.2) is 22.7 Å². The lowest BCUT2D eigenvalue weighted by atomic mass is 10.2. The second-order valence-corrected chi connectivity index (χ2v) is 5.95. The van der Waals surface area contributed by atoms with E-state index in [2.05, 4.69) is 31.4 Å². The van der Waals surface area contributed by atoms with Gasteiger partial charge in [-0.05, 0) is 22.0 Å². The van der Waals surface area contributed by atoms with Gasteiger partial charge in [-0.1, -0.05) is 23.5 Å². The van der Waals surface area contributed by atoms with Crippen LogP contribution in [0.2, 0.25) is 0 Å². The summed E-state index contributed by atoms with van der Waals surface area (Å²) >= 11 is 4.73. The third-order valence-corrected chi connectivity index (χ3v) is 4.47. The van der Waals surface area contributed by atoms with Gasteiger partial charge in [0.1, 0.15) is 15.8 Å². The Morgan fingerprint density at radius 2 is 2.20 bits per heavy atom. The van der Waals surface area contributed by atoms with E-state index in [-0.39, 0.29) is 5.82 Å². The third-order valence-electron chi connectivity index (χ3n) is 2.65. The van der Waals surface area contributed by atoms with Crippen LogP contribution in [-0.2, 0) is 11.2 Å². The molecule has 0 spiro atoms. The van der Waals surface area contributed by atoms with E-state index in [9.17, 15) is 4.39 Å². The summed E-state index contributed by atoms with van der Waals surface area (Å²) in [5.74, 6) is -0.291. The van der Waals surface area contributed by atoms with Crippen LogP contribution in [0.4, 0.5) is 4.39 Å². The Morgan fingerprint density at radius 3 is 3.00 bits per heavy atom. The molecule has 20 heavy (non-hydrogen) atoms. The first-order valence-corrected chi connectivity index (χ1v) is 7.79. The molecule has 1 aromatic heterocycles. The van der Waals surface area contributed by atoms with Gasteiger partial charge < -0.3 is 10.1 Å². The predicted octanol–water partition coefficient (Wildman–Crippen LogP) is 2.89. The first-order chi connectivity index (χ1) is 9.72. The maximum Gasteiger partial charge on any atom is 0.149 e. The standard InChI is InChI=1S/C13H15BrFN3OS/c1-19-8-7-16-6-5-11-17-18-13(20-11)9-3-2-4-10(15)12(9)14/h2-4,16H,5-8H2,1H3. The first kappa shape index (κ1) is 15.5. The Morgan fingerprint density at radius 1 is 1.35 bits per heavy atom. The van der Waals surface area contributed by atoms with Crippen LogP contribution in [0.1, 0.15) is 5.01 Å². The molecule has 4 nitrogen and oxygen atoms in total. The number of nitrogens with one attached hydrogen (secondary N) is 1. The zero-order valence-corrected chi connectivity index (χ0v) is 13.4. The van der Waals surface area contributed by atoms with Crippen molar-refractivity contribution in [1.82, 2.24) is 15.5 Å². The van der Waals surface area contributed by atoms with E-state index in [1.54, 1.807) is 13.2 Å². The summed E-state index contributed by atoms with van der Waals surface area (Å²) in [7, 11) is 1.68. The second-order valence-electron chi connectivity index (χ2n) is 4.10. The fraction of sp³-hybridized carbons (Fsp3) is 0.385. The second kappa shape index (κ2) is 7.78. The van der Waals surface area contributed by atoms with Crippen molar-refractivity contribution >= 4 is 27.3 Å². The smallest absolute Gasteiger partial charge is 0.149 e. The Bertz CT molecular complexity index is 564. The third kappa shape index (κ3) is 4.05. The summed E-state index contributed by atoms with van der Waals surface area (Å²) in [5, 5.41) is 13.2. The van der Waals surface area contributed by atoms with Gasteiger partial charge in [0.2, 0.25) is 0 Å². The SMILES string of the molecule is COCCNCCc1nnc(-c2cccc(F)c2Br)s1. The van der Waals surface area contributed by atoms with Crippen LogP contribution in [0.5, 0.6) is 0 Å². The normalized spacial score (nSPS) is 10.9. The van der Waals surface area contributed by atoms with Crippen molar-refractivity contribution in [3.8, 4) is 10.6 Å². The van der Waals surface area contributed by atoms with Crippen LogP contribution in [-0.4, -0.2) is 37.0 Å². The Kier molecular flexibility index (Phi) is 6.03. The molecule has 2 aromatic rings. The van der Waals surface area contributed by atoms with Crippen molar-refractivity contribution in [3.63, 3.8) is 0 Å². The number of ether oxygens (including phenoxy) is 1. The van der Waals surface area contributed by atoms with Crippen molar-refractivity contribution < 1.29 is 9.13 Å². The van der Waals surface area contributed by atoms with Crippen molar-refractivity contribution in [2.75, 3.05) is 26.8 Å². The van der Waals surface area contributed by atoms with Crippen molar-refractivity contribution in [2.45, 2.75) is 6.42 Å². The molecule has 1 N–H and O–H groups in total. The molecule has 7 heteroatoms. The molecule has 0 saturated carbocycles. The van der Waals surface area contributed by atoms with Gasteiger partial charge in [-0.2, -0.15) is 0 Å². The molecule has 0 atom stereocenters. The summed E-state index contributed by atoms with van der Waals surface area (Å²) in [4.78, 5) is 0. The molecule has 0 aliphatic heterocycles. The van der Waals surface area contributed by atoms with Gasteiger partial charge in [0.05, 0.1) is 11.1 Å². The Balaban J connectivity index is 1.97. The minimum atomic E-state index is -0.291. The van der Waals surface area contributed by atoms with Crippen molar-refractivity contribution in [1.29, 1.82) is 0 Å². The molecule has 2 rings (SSSR count). The highest BCUT2D eigenvalue weighted by atomic mass is 79.9. The van der Waals surface area contributed by atoms with E-state index in [4.69, 9.17) is 4.74 Å². The number of hydrogen-bond acceptors (Lipinski definition) is 5. The van der Waals surface area contributed by atoms with Crippen molar-refractivity contribution in [3.05, 3.63) is 33.5 Å². The minimum absolute atomic E-state index is 0.291. The number of nitrogens with zero attached hydrogens (tertiary/aromatic N) is 2. The number of rotatable bonds is 7. The number of benzene rings is 1. The summed E-state index contributed by atoms with van der Waals surface area (Å²) in [6, 6.07) is 4.91. The Hall–Kier alpha value is -0.890. The van der Waals surface area contributed by atoms with Gasteiger partial charge in [0.25, 0.3) is 0 Å². The van der Waals surface area contributed by atoms with Gasteiger partial charge in [0, 0.05) is 32.2 Å². The lowest BCUT2D eigenvalue weighted by Gasteiger charge is -2.01. The lowest BCUT2D eigenvalue weighted by Crippen LogP contribution is -2.21. The van der Waals surface area contributed by atoms with Crippen LogP contribution < -0.4 is 5.32 Å². The van der Waals surface area contributed by atoms with Gasteiger partial charge >= 0.3 is 0 Å². The average Bonchev–Trinajstić information content (AvgIpc) is 2.90. The highest BCUT2D eigenvalue weighted by Gasteiger charge is 2.12. The van der Waals surface area contributed by atoms with Crippen LogP contribution in [0, 0.1) is 5.82 Å². The molecule has 0 fully saturated rings. The van der Waals surface area contributed by atoms with E-state index >= 15 is 0 Å². The highest BCUT2D eigenvalue weighted by Crippen LogP contribution is 2.32. The van der Waals surface area contributed by atoms with Gasteiger partial charge in [0.15, 0.2) is 0 Å². The monoisotopic (exact) mass is 359 g/mol. The average molecular weight is 360 g/mol. The summed E-state index contributed by atoms with van der Waals surface area (Å²) in [6.07, 6.45) is 0.800. The molecule has 0 amide bonds. The maximum absolute atomic E-state index is 13.5. The molecule has 108 valence electrons. The van der Waals surface area contributed by atoms with E-state index in [1.165, 1.54) is 17.4 Å². The van der Waals surface area contributed by atoms with Crippen molar-refractivity contribution in [2.24, 2.45) is 0 Å². The number of halogens is 2. The maximum atomic E-state index is 13.5. The molecule has 0 unspecified atom stereocenters. The highest BCUT2D eigenvalue weighted by molar-refractivity contribution is 9.10. The van der Waals surface area contributed by atoms with Crippen LogP contribution in [0.25, 0.3) is 10.6 Å². The van der Waals surface area contributed by atoms with Gasteiger partial charge in [-0.15, -0.1) is 10.2 Å². The topological polar surface area (TPSA) is 47.0 Å². The van der Waals surface area contributed by atoms with E-state index < -0.39 is 0 Å². The van der Waals surface area contributed by atoms with E-state index in [1.807, 2.05) is 6.07 Å². The number of hydrogen-bond donors (Lipinski definition) is 1. The number of aromatic nitrogens is 2. The molecule has 0 radical (unpaired) electrons. The van der Waals surface area contributed by atoms with E-state index in [0.29, 0.717) is 11.1 Å². The lowest BCUT2D eigenvalue weighted by molar-refractivity contribution is 0.199. The zero-order chi connectivity index (χ0) is 14.4. The summed E-state index contributed by atoms with van der Waals surface area (Å²) < 4.78 is 18.9. The Labute approximate surface area is 129 Å². The van der Waals surface area contributed by atoms with Crippen LogP contribution in [0.3, 0.4) is 0 Å². The summed E-state index contributed by atoms with van der Waals surface area (Å²) in [6.45, 7) is 2.33. The fourth-order valence-electron chi connectivity index (χ4n) is 1.63. The molecule has 0 aliphatic carbocycles. The molecular formula is C13H15BrFN3OS. The molecular weight excluding hydrogens is 345 g/mol. The predicted molar refractivity (Wildman–Crippen MR) is 81.5 cm³/mol. The molecule has 0 bridgehead atoms. The fourth-order valence-corrected chi connectivity index (χ4v) is 3.08. The van der Waals surface area contributed by atoms with Gasteiger partial charge in [-0.25, -0.2) is 4.39 Å². The summed E-state index contributed by atoms with van der Waals surface area (Å²) in [5.41, 5.74) is 0.737. The first-order valence-electron chi connectivity index (χ1n) is 6.19. The molecule has 0 aliphatic rings. The van der Waals surface area contributed by atoms with Crippen LogP contribution >= 0.6 is 27.3 Å². The minimum Gasteiger partial charge on any atom is -0.383 e. The number of methoxy groups -OCH3 is 1. The molecule has 1 heterocycles. The zero-order valence-electron chi connectivity index (χ0n) is 11.0. The largest absolute Gasteiger partial charge is 0.383 e. The van der Waals surface area contributed by atoms with E-state index in [0.717, 1.165) is 35.1 Å².